The van der Waals surface area contributed by atoms with Crippen LogP contribution in [0.2, 0.25) is 0 Å². The predicted octanol–water partition coefficient (Wildman–Crippen LogP) is 4.42. The maximum Gasteiger partial charge on any atom is 0.336 e. The van der Waals surface area contributed by atoms with Gasteiger partial charge in [0.15, 0.2) is 0 Å². The van der Waals surface area contributed by atoms with Crippen molar-refractivity contribution in [2.24, 2.45) is 0 Å². The van der Waals surface area contributed by atoms with Gasteiger partial charge in [0.1, 0.15) is 0 Å². The first-order valence-corrected chi connectivity index (χ1v) is 9.00. The van der Waals surface area contributed by atoms with Gasteiger partial charge in [0.25, 0.3) is 0 Å². The van der Waals surface area contributed by atoms with E-state index in [2.05, 4.69) is 11.5 Å². The third-order valence-corrected chi connectivity index (χ3v) is 4.79. The minimum Gasteiger partial charge on any atom is -0.481 e. The molecule has 5 heteroatoms. The van der Waals surface area contributed by atoms with Crippen molar-refractivity contribution in [1.82, 2.24) is 4.57 Å². The fourth-order valence-corrected chi connectivity index (χ4v) is 3.56. The summed E-state index contributed by atoms with van der Waals surface area (Å²) in [7, 11) is 0. The van der Waals surface area contributed by atoms with Crippen LogP contribution in [0, 0.1) is 6.92 Å². The molecule has 0 spiro atoms. The van der Waals surface area contributed by atoms with Crippen LogP contribution in [0.4, 0.5) is 0 Å². The Morgan fingerprint density at radius 3 is 2.36 bits per heavy atom. The molecule has 1 heterocycles. The van der Waals surface area contributed by atoms with Crippen molar-refractivity contribution in [2.45, 2.75) is 65.8 Å². The number of aromatic nitrogens is 1. The molecule has 2 rings (SSSR count). The Kier molecular flexibility index (Phi) is 6.23. The number of aromatic carboxylic acids is 1. The molecule has 0 unspecified atom stereocenters. The first-order valence-electron chi connectivity index (χ1n) is 9.00. The number of nitrogens with zero attached hydrogens (tertiary/aromatic N) is 1. The summed E-state index contributed by atoms with van der Waals surface area (Å²) in [5.41, 5.74) is 4.15. The number of fused-ring (bicyclic) bond motifs is 1. The lowest BCUT2D eigenvalue weighted by atomic mass is 9.99. The fourth-order valence-electron chi connectivity index (χ4n) is 3.56. The lowest BCUT2D eigenvalue weighted by molar-refractivity contribution is -0.136. The quantitative estimate of drug-likeness (QED) is 0.659. The van der Waals surface area contributed by atoms with Gasteiger partial charge in [-0.25, -0.2) is 4.79 Å². The summed E-state index contributed by atoms with van der Waals surface area (Å²) in [5.74, 6) is -1.74. The molecule has 0 atom stereocenters. The normalized spacial score (nSPS) is 11.2. The van der Waals surface area contributed by atoms with Gasteiger partial charge >= 0.3 is 11.9 Å². The fraction of sp³-hybridized carbons (Fsp3) is 0.500. The van der Waals surface area contributed by atoms with Gasteiger partial charge < -0.3 is 14.8 Å². The Morgan fingerprint density at radius 2 is 1.80 bits per heavy atom. The summed E-state index contributed by atoms with van der Waals surface area (Å²) in [5, 5.41) is 19.5. The van der Waals surface area contributed by atoms with Gasteiger partial charge in [0.2, 0.25) is 0 Å². The van der Waals surface area contributed by atoms with Crippen molar-refractivity contribution in [3.8, 4) is 0 Å². The zero-order chi connectivity index (χ0) is 18.6. The number of carbonyl (C=O) groups is 2. The van der Waals surface area contributed by atoms with Crippen LogP contribution in [-0.2, 0) is 24.2 Å². The monoisotopic (exact) mass is 345 g/mol. The Balaban J connectivity index is 2.64. The first kappa shape index (κ1) is 19.0. The molecule has 0 aliphatic rings. The lowest BCUT2D eigenvalue weighted by Crippen LogP contribution is -2.05. The molecule has 25 heavy (non-hydrogen) atoms. The van der Waals surface area contributed by atoms with Crippen LogP contribution in [0.3, 0.4) is 0 Å². The van der Waals surface area contributed by atoms with Gasteiger partial charge in [-0.3, -0.25) is 4.79 Å². The van der Waals surface area contributed by atoms with E-state index in [0.29, 0.717) is 17.5 Å². The zero-order valence-electron chi connectivity index (χ0n) is 15.3. The van der Waals surface area contributed by atoms with Gasteiger partial charge in [0.05, 0.1) is 5.56 Å². The molecule has 0 saturated heterocycles. The van der Waals surface area contributed by atoms with Gasteiger partial charge in [-0.05, 0) is 56.4 Å². The third-order valence-electron chi connectivity index (χ3n) is 4.79. The van der Waals surface area contributed by atoms with E-state index >= 15 is 0 Å². The number of rotatable bonds is 9. The summed E-state index contributed by atoms with van der Waals surface area (Å²) >= 11 is 0. The third kappa shape index (κ3) is 4.03. The maximum absolute atomic E-state index is 11.5. The van der Waals surface area contributed by atoms with Crippen molar-refractivity contribution in [3.63, 3.8) is 0 Å². The summed E-state index contributed by atoms with van der Waals surface area (Å²) in [4.78, 5) is 22.6. The van der Waals surface area contributed by atoms with Crippen LogP contribution in [0.5, 0.6) is 0 Å². The molecule has 0 aliphatic carbocycles. The highest BCUT2D eigenvalue weighted by atomic mass is 16.4. The Hall–Kier alpha value is -2.30. The van der Waals surface area contributed by atoms with Crippen molar-refractivity contribution in [3.05, 3.63) is 34.5 Å². The number of hydrogen-bond donors (Lipinski definition) is 2. The van der Waals surface area contributed by atoms with E-state index in [-0.39, 0.29) is 6.42 Å². The molecule has 2 N–H and O–H groups in total. The van der Waals surface area contributed by atoms with E-state index in [0.717, 1.165) is 54.4 Å². The van der Waals surface area contributed by atoms with Crippen molar-refractivity contribution in [1.29, 1.82) is 0 Å². The second-order valence-corrected chi connectivity index (χ2v) is 6.51. The molecular weight excluding hydrogens is 318 g/mol. The van der Waals surface area contributed by atoms with Crippen molar-refractivity contribution < 1.29 is 19.8 Å². The molecule has 0 aliphatic heterocycles. The highest BCUT2D eigenvalue weighted by molar-refractivity contribution is 5.97. The van der Waals surface area contributed by atoms with Gasteiger partial charge in [-0.2, -0.15) is 0 Å². The highest BCUT2D eigenvalue weighted by Gasteiger charge is 2.19. The predicted molar refractivity (Wildman–Crippen MR) is 98.5 cm³/mol. The molecular formula is C20H27NO4. The molecule has 1 aromatic heterocycles. The van der Waals surface area contributed by atoms with Crippen LogP contribution in [-0.4, -0.2) is 26.7 Å². The minimum atomic E-state index is -0.928. The molecule has 0 amide bonds. The number of aliphatic carboxylic acids is 1. The Labute approximate surface area is 148 Å². The average Bonchev–Trinajstić information content (AvgIpc) is 2.84. The molecule has 0 bridgehead atoms. The van der Waals surface area contributed by atoms with Crippen molar-refractivity contribution in [2.75, 3.05) is 0 Å². The number of unbranched alkanes of at least 4 members (excludes halogenated alkanes) is 2. The maximum atomic E-state index is 11.5. The summed E-state index contributed by atoms with van der Waals surface area (Å²) in [6, 6.07) is 3.65. The number of carboxylic acids is 2. The lowest BCUT2D eigenvalue weighted by Gasteiger charge is -2.10. The van der Waals surface area contributed by atoms with E-state index in [1.807, 2.05) is 13.0 Å². The summed E-state index contributed by atoms with van der Waals surface area (Å²) in [6.45, 7) is 6.74. The topological polar surface area (TPSA) is 79.5 Å². The van der Waals surface area contributed by atoms with Gasteiger partial charge in [-0.1, -0.05) is 19.8 Å². The minimum absolute atomic E-state index is 0.0866. The number of hydrogen-bond acceptors (Lipinski definition) is 2. The zero-order valence-corrected chi connectivity index (χ0v) is 15.3. The molecule has 0 saturated carbocycles. The number of benzene rings is 1. The Bertz CT molecular complexity index is 789. The van der Waals surface area contributed by atoms with E-state index in [4.69, 9.17) is 5.11 Å². The second-order valence-electron chi connectivity index (χ2n) is 6.51. The van der Waals surface area contributed by atoms with Gasteiger partial charge in [-0.15, -0.1) is 0 Å². The van der Waals surface area contributed by atoms with Crippen LogP contribution in [0.15, 0.2) is 12.1 Å². The van der Waals surface area contributed by atoms with Crippen LogP contribution in [0.25, 0.3) is 10.9 Å². The van der Waals surface area contributed by atoms with Crippen LogP contribution in [0.1, 0.15) is 66.7 Å². The van der Waals surface area contributed by atoms with E-state index in [1.54, 1.807) is 13.0 Å². The number of carboxylic acid groups (broad SMARTS) is 2. The average molecular weight is 345 g/mol. The smallest absolute Gasteiger partial charge is 0.336 e. The molecule has 136 valence electrons. The SMILES string of the molecule is CCCCCc1c(CCC(=O)O)c2cc(C)c(C(=O)O)cc2n1CC. The van der Waals surface area contributed by atoms with Crippen LogP contribution >= 0.6 is 0 Å². The number of aryl methyl sites for hydroxylation is 3. The largest absolute Gasteiger partial charge is 0.481 e. The Morgan fingerprint density at radius 1 is 1.08 bits per heavy atom. The molecule has 5 nitrogen and oxygen atoms in total. The summed E-state index contributed by atoms with van der Waals surface area (Å²) < 4.78 is 2.16. The van der Waals surface area contributed by atoms with E-state index < -0.39 is 11.9 Å². The van der Waals surface area contributed by atoms with E-state index in [9.17, 15) is 14.7 Å². The molecule has 2 aromatic rings. The van der Waals surface area contributed by atoms with Crippen molar-refractivity contribution >= 4 is 22.8 Å². The highest BCUT2D eigenvalue weighted by Crippen LogP contribution is 2.31. The molecule has 1 aromatic carbocycles. The summed E-state index contributed by atoms with van der Waals surface area (Å²) in [6.07, 6.45) is 4.77. The first-order chi connectivity index (χ1) is 11.9. The molecule has 0 radical (unpaired) electrons. The molecule has 0 fully saturated rings. The second kappa shape index (κ2) is 8.19. The van der Waals surface area contributed by atoms with E-state index in [1.165, 1.54) is 0 Å². The van der Waals surface area contributed by atoms with Crippen LogP contribution < -0.4 is 0 Å². The van der Waals surface area contributed by atoms with Gasteiger partial charge in [0, 0.05) is 29.6 Å². The standard InChI is InChI=1S/C20H27NO4/c1-4-6-7-8-17-14(9-10-19(22)23)16-11-13(3)15(20(24)25)12-18(16)21(17)5-2/h11-12H,4-10H2,1-3H3,(H,22,23)(H,24,25).